The molecular weight excluding hydrogens is 216 g/mol. The van der Waals surface area contributed by atoms with Crippen molar-refractivity contribution in [3.05, 3.63) is 35.4 Å². The van der Waals surface area contributed by atoms with Gasteiger partial charge in [0.2, 0.25) is 0 Å². The molecule has 0 saturated carbocycles. The third kappa shape index (κ3) is 5.36. The molecule has 0 fully saturated rings. The van der Waals surface area contributed by atoms with Gasteiger partial charge in [0.15, 0.2) is 0 Å². The van der Waals surface area contributed by atoms with Gasteiger partial charge in [0.05, 0.1) is 0 Å². The summed E-state index contributed by atoms with van der Waals surface area (Å²) in [6, 6.07) is 8.50. The molecule has 0 aliphatic carbocycles. The van der Waals surface area contributed by atoms with Crippen LogP contribution in [0.1, 0.15) is 30.9 Å². The first kappa shape index (κ1) is 13.5. The molecule has 0 aliphatic rings. The number of hydrogen-bond acceptors (Lipinski definition) is 3. The van der Waals surface area contributed by atoms with Gasteiger partial charge in [-0.05, 0) is 17.0 Å². The number of nitrogens with two attached hydrogens (primary N) is 1. The highest BCUT2D eigenvalue weighted by Gasteiger charge is 1.99. The Morgan fingerprint density at radius 1 is 1.35 bits per heavy atom. The fourth-order valence-corrected chi connectivity index (χ4v) is 1.48. The molecule has 94 valence electrons. The largest absolute Gasteiger partial charge is 0.448 e. The van der Waals surface area contributed by atoms with Crippen molar-refractivity contribution in [2.45, 2.75) is 26.3 Å². The summed E-state index contributed by atoms with van der Waals surface area (Å²) in [4.78, 5) is 10.3. The van der Waals surface area contributed by atoms with Crippen LogP contribution in [-0.2, 0) is 11.3 Å². The van der Waals surface area contributed by atoms with Crippen molar-refractivity contribution in [3.63, 3.8) is 0 Å². The third-order valence-corrected chi connectivity index (χ3v) is 2.50. The van der Waals surface area contributed by atoms with E-state index >= 15 is 0 Å². The monoisotopic (exact) mass is 236 g/mol. The molecule has 17 heavy (non-hydrogen) atoms. The van der Waals surface area contributed by atoms with Crippen LogP contribution in [0.15, 0.2) is 24.3 Å². The van der Waals surface area contributed by atoms with Crippen molar-refractivity contribution in [3.8, 4) is 0 Å². The maximum absolute atomic E-state index is 10.3. The molecule has 0 aliphatic heterocycles. The minimum atomic E-state index is -0.729. The zero-order chi connectivity index (χ0) is 12.7. The van der Waals surface area contributed by atoms with E-state index in [4.69, 9.17) is 5.73 Å². The summed E-state index contributed by atoms with van der Waals surface area (Å²) < 4.78 is 4.61. The van der Waals surface area contributed by atoms with Crippen LogP contribution in [0, 0.1) is 0 Å². The Balaban J connectivity index is 2.25. The molecule has 3 N–H and O–H groups in total. The van der Waals surface area contributed by atoms with Crippen molar-refractivity contribution in [1.29, 1.82) is 0 Å². The van der Waals surface area contributed by atoms with E-state index in [1.54, 1.807) is 0 Å². The van der Waals surface area contributed by atoms with Crippen molar-refractivity contribution < 1.29 is 9.53 Å². The molecule has 0 saturated heterocycles. The lowest BCUT2D eigenvalue weighted by Crippen LogP contribution is -2.23. The van der Waals surface area contributed by atoms with E-state index in [-0.39, 0.29) is 0 Å². The number of carbonyl (C=O) groups is 1. The first-order valence-corrected chi connectivity index (χ1v) is 5.81. The van der Waals surface area contributed by atoms with Gasteiger partial charge in [0.25, 0.3) is 0 Å². The SMILES string of the molecule is CC(C)c1ccc(CNCCOC(N)=O)cc1. The first-order valence-electron chi connectivity index (χ1n) is 5.81. The minimum Gasteiger partial charge on any atom is -0.448 e. The molecule has 4 heteroatoms. The van der Waals surface area contributed by atoms with Crippen molar-refractivity contribution in [2.75, 3.05) is 13.2 Å². The van der Waals surface area contributed by atoms with Crippen LogP contribution in [0.4, 0.5) is 4.79 Å². The second-order valence-electron chi connectivity index (χ2n) is 4.24. The van der Waals surface area contributed by atoms with Gasteiger partial charge in [0.1, 0.15) is 6.61 Å². The average Bonchev–Trinajstić information content (AvgIpc) is 2.29. The lowest BCUT2D eigenvalue weighted by Gasteiger charge is -2.08. The molecule has 0 unspecified atom stereocenters. The number of primary amides is 1. The molecule has 4 nitrogen and oxygen atoms in total. The summed E-state index contributed by atoms with van der Waals surface area (Å²) in [6.07, 6.45) is -0.729. The Bertz CT molecular complexity index is 347. The maximum atomic E-state index is 10.3. The van der Waals surface area contributed by atoms with Gasteiger partial charge in [-0.25, -0.2) is 4.79 Å². The van der Waals surface area contributed by atoms with Gasteiger partial charge in [-0.1, -0.05) is 38.1 Å². The molecule has 0 aromatic heterocycles. The van der Waals surface area contributed by atoms with E-state index in [1.807, 2.05) is 0 Å². The maximum Gasteiger partial charge on any atom is 0.404 e. The standard InChI is InChI=1S/C13H20N2O2/c1-10(2)12-5-3-11(4-6-12)9-15-7-8-17-13(14)16/h3-6,10,15H,7-9H2,1-2H3,(H2,14,16). The summed E-state index contributed by atoms with van der Waals surface area (Å²) >= 11 is 0. The van der Waals surface area contributed by atoms with Crippen LogP contribution < -0.4 is 11.1 Å². The fraction of sp³-hybridized carbons (Fsp3) is 0.462. The summed E-state index contributed by atoms with van der Waals surface area (Å²) in [5.41, 5.74) is 7.40. The summed E-state index contributed by atoms with van der Waals surface area (Å²) in [5.74, 6) is 0.556. The zero-order valence-electron chi connectivity index (χ0n) is 10.4. The van der Waals surface area contributed by atoms with E-state index in [1.165, 1.54) is 11.1 Å². The van der Waals surface area contributed by atoms with Crippen LogP contribution in [0.5, 0.6) is 0 Å². The predicted octanol–water partition coefficient (Wildman–Crippen LogP) is 1.99. The molecule has 1 rings (SSSR count). The molecule has 0 spiro atoms. The summed E-state index contributed by atoms with van der Waals surface area (Å²) in [5, 5.41) is 3.17. The molecule has 1 aromatic carbocycles. The number of ether oxygens (including phenoxy) is 1. The van der Waals surface area contributed by atoms with E-state index in [0.717, 1.165) is 6.54 Å². The van der Waals surface area contributed by atoms with Gasteiger partial charge in [-0.3, -0.25) is 0 Å². The average molecular weight is 236 g/mol. The molecule has 1 aromatic rings. The predicted molar refractivity (Wildman–Crippen MR) is 67.8 cm³/mol. The molecular formula is C13H20N2O2. The van der Waals surface area contributed by atoms with Crippen LogP contribution in [-0.4, -0.2) is 19.2 Å². The van der Waals surface area contributed by atoms with Crippen LogP contribution in [0.2, 0.25) is 0 Å². The second kappa shape index (κ2) is 6.91. The molecule has 0 atom stereocenters. The normalized spacial score (nSPS) is 10.5. The quantitative estimate of drug-likeness (QED) is 0.742. The van der Waals surface area contributed by atoms with Crippen molar-refractivity contribution >= 4 is 6.09 Å². The van der Waals surface area contributed by atoms with Crippen LogP contribution in [0.25, 0.3) is 0 Å². The van der Waals surface area contributed by atoms with Crippen molar-refractivity contribution in [2.24, 2.45) is 5.73 Å². The fourth-order valence-electron chi connectivity index (χ4n) is 1.48. The zero-order valence-corrected chi connectivity index (χ0v) is 10.4. The third-order valence-electron chi connectivity index (χ3n) is 2.50. The van der Waals surface area contributed by atoms with E-state index in [9.17, 15) is 4.79 Å². The smallest absolute Gasteiger partial charge is 0.404 e. The Morgan fingerprint density at radius 2 is 2.00 bits per heavy atom. The molecule has 0 radical (unpaired) electrons. The van der Waals surface area contributed by atoms with E-state index in [2.05, 4.69) is 48.2 Å². The lowest BCUT2D eigenvalue weighted by atomic mass is 10.0. The Kier molecular flexibility index (Phi) is 5.49. The van der Waals surface area contributed by atoms with Gasteiger partial charge >= 0.3 is 6.09 Å². The van der Waals surface area contributed by atoms with E-state index < -0.39 is 6.09 Å². The number of carbonyl (C=O) groups excluding carboxylic acids is 1. The molecule has 1 amide bonds. The highest BCUT2D eigenvalue weighted by atomic mass is 16.5. The Labute approximate surface area is 102 Å². The van der Waals surface area contributed by atoms with Gasteiger partial charge in [0, 0.05) is 13.1 Å². The number of rotatable bonds is 6. The van der Waals surface area contributed by atoms with Crippen molar-refractivity contribution in [1.82, 2.24) is 5.32 Å². The number of benzene rings is 1. The van der Waals surface area contributed by atoms with Gasteiger partial charge in [-0.15, -0.1) is 0 Å². The number of nitrogens with one attached hydrogen (secondary N) is 1. The minimum absolute atomic E-state index is 0.305. The highest BCUT2D eigenvalue weighted by Crippen LogP contribution is 2.14. The van der Waals surface area contributed by atoms with Gasteiger partial charge in [-0.2, -0.15) is 0 Å². The lowest BCUT2D eigenvalue weighted by molar-refractivity contribution is 0.157. The summed E-state index contributed by atoms with van der Waals surface area (Å²) in [6.45, 7) is 6.03. The van der Waals surface area contributed by atoms with Gasteiger partial charge < -0.3 is 15.8 Å². The summed E-state index contributed by atoms with van der Waals surface area (Å²) in [7, 11) is 0. The van der Waals surface area contributed by atoms with Crippen LogP contribution >= 0.6 is 0 Å². The Hall–Kier alpha value is -1.55. The number of hydrogen-bond donors (Lipinski definition) is 2. The molecule has 0 bridgehead atoms. The first-order chi connectivity index (χ1) is 8.09. The second-order valence-corrected chi connectivity index (χ2v) is 4.24. The number of amides is 1. The molecule has 0 heterocycles. The van der Waals surface area contributed by atoms with Crippen LogP contribution in [0.3, 0.4) is 0 Å². The Morgan fingerprint density at radius 3 is 2.53 bits per heavy atom. The highest BCUT2D eigenvalue weighted by molar-refractivity contribution is 5.64. The topological polar surface area (TPSA) is 64.3 Å². The van der Waals surface area contributed by atoms with E-state index in [0.29, 0.717) is 19.1 Å².